The summed E-state index contributed by atoms with van der Waals surface area (Å²) in [6.45, 7) is 4.69. The molecule has 0 aliphatic rings. The molecule has 68 valence electrons. The summed E-state index contributed by atoms with van der Waals surface area (Å²) in [4.78, 5) is 3.22. The maximum absolute atomic E-state index is 5.35. The Morgan fingerprint density at radius 2 is 2.42 bits per heavy atom. The second-order valence-electron chi connectivity index (χ2n) is 2.81. The van der Waals surface area contributed by atoms with Crippen molar-refractivity contribution in [1.82, 2.24) is 4.98 Å². The van der Waals surface area contributed by atoms with Crippen molar-refractivity contribution in [3.63, 3.8) is 0 Å². The number of rotatable bonds is 4. The van der Waals surface area contributed by atoms with E-state index in [0.717, 1.165) is 12.2 Å². The lowest BCUT2D eigenvalue weighted by molar-refractivity contribution is 0.0788. The molecule has 0 saturated heterocycles. The van der Waals surface area contributed by atoms with E-state index in [1.54, 1.807) is 6.20 Å². The molecule has 0 spiro atoms. The zero-order valence-electron chi connectivity index (χ0n) is 7.29. The van der Waals surface area contributed by atoms with Gasteiger partial charge in [0.05, 0.1) is 12.7 Å². The van der Waals surface area contributed by atoms with E-state index in [0.29, 0.717) is 11.4 Å². The summed E-state index contributed by atoms with van der Waals surface area (Å²) in [7, 11) is 0. The standard InChI is InChI=1S/C8H13NO2S/c1-6(2)10-4-3-7-5-9-8(12)11-7/h5-6H,3-4H2,1-2H3,(H,9,12). The Morgan fingerprint density at radius 1 is 1.67 bits per heavy atom. The first kappa shape index (κ1) is 9.48. The smallest absolute Gasteiger partial charge is 0.266 e. The molecule has 0 atom stereocenters. The third kappa shape index (κ3) is 3.19. The summed E-state index contributed by atoms with van der Waals surface area (Å²) in [5, 5.41) is 0. The molecule has 1 rings (SSSR count). The van der Waals surface area contributed by atoms with Crippen LogP contribution in [-0.2, 0) is 11.2 Å². The summed E-state index contributed by atoms with van der Waals surface area (Å²) in [6, 6.07) is 0. The molecule has 0 aliphatic heterocycles. The van der Waals surface area contributed by atoms with Crippen LogP contribution in [0.3, 0.4) is 0 Å². The molecule has 1 N–H and O–H groups in total. The summed E-state index contributed by atoms with van der Waals surface area (Å²) in [5.41, 5.74) is 0. The highest BCUT2D eigenvalue weighted by Crippen LogP contribution is 2.01. The van der Waals surface area contributed by atoms with E-state index in [1.165, 1.54) is 0 Å². The van der Waals surface area contributed by atoms with E-state index in [-0.39, 0.29) is 6.10 Å². The van der Waals surface area contributed by atoms with Crippen molar-refractivity contribution in [3.8, 4) is 0 Å². The number of nitrogens with one attached hydrogen (secondary N) is 1. The molecular weight excluding hydrogens is 174 g/mol. The van der Waals surface area contributed by atoms with Crippen LogP contribution in [0.2, 0.25) is 0 Å². The summed E-state index contributed by atoms with van der Waals surface area (Å²) in [5.74, 6) is 0.848. The summed E-state index contributed by atoms with van der Waals surface area (Å²) >= 11 is 4.77. The van der Waals surface area contributed by atoms with Crippen LogP contribution in [0.25, 0.3) is 0 Å². The normalized spacial score (nSPS) is 10.9. The lowest BCUT2D eigenvalue weighted by Crippen LogP contribution is -2.05. The molecule has 1 aromatic heterocycles. The molecule has 12 heavy (non-hydrogen) atoms. The zero-order valence-corrected chi connectivity index (χ0v) is 8.11. The van der Waals surface area contributed by atoms with Gasteiger partial charge < -0.3 is 14.1 Å². The van der Waals surface area contributed by atoms with Crippen LogP contribution in [0, 0.1) is 4.84 Å². The van der Waals surface area contributed by atoms with Gasteiger partial charge in [0.25, 0.3) is 4.84 Å². The fourth-order valence-corrected chi connectivity index (χ4v) is 1.00. The number of aromatic amines is 1. The van der Waals surface area contributed by atoms with E-state index >= 15 is 0 Å². The Kier molecular flexibility index (Phi) is 3.49. The van der Waals surface area contributed by atoms with E-state index in [9.17, 15) is 0 Å². The van der Waals surface area contributed by atoms with Crippen LogP contribution in [0.4, 0.5) is 0 Å². The van der Waals surface area contributed by atoms with E-state index in [1.807, 2.05) is 13.8 Å². The number of aromatic nitrogens is 1. The van der Waals surface area contributed by atoms with Crippen molar-refractivity contribution in [3.05, 3.63) is 16.8 Å². The fraction of sp³-hybridized carbons (Fsp3) is 0.625. The molecule has 0 radical (unpaired) electrons. The minimum Gasteiger partial charge on any atom is -0.435 e. The monoisotopic (exact) mass is 187 g/mol. The van der Waals surface area contributed by atoms with Gasteiger partial charge in [-0.1, -0.05) is 0 Å². The van der Waals surface area contributed by atoms with Gasteiger partial charge in [-0.15, -0.1) is 0 Å². The van der Waals surface area contributed by atoms with Crippen molar-refractivity contribution in [2.24, 2.45) is 0 Å². The van der Waals surface area contributed by atoms with Crippen molar-refractivity contribution >= 4 is 12.2 Å². The van der Waals surface area contributed by atoms with Gasteiger partial charge in [-0.2, -0.15) is 0 Å². The Hall–Kier alpha value is -0.610. The number of hydrogen-bond donors (Lipinski definition) is 1. The van der Waals surface area contributed by atoms with Crippen molar-refractivity contribution in [1.29, 1.82) is 0 Å². The molecule has 4 heteroatoms. The maximum Gasteiger partial charge on any atom is 0.266 e. The van der Waals surface area contributed by atoms with Gasteiger partial charge in [0.2, 0.25) is 0 Å². The van der Waals surface area contributed by atoms with Gasteiger partial charge in [0.1, 0.15) is 5.76 Å². The lowest BCUT2D eigenvalue weighted by Gasteiger charge is -2.04. The molecule has 0 bridgehead atoms. The number of H-pyrrole nitrogens is 1. The Bertz CT molecular complexity index is 277. The van der Waals surface area contributed by atoms with Crippen LogP contribution in [0.1, 0.15) is 19.6 Å². The molecule has 1 heterocycles. The molecule has 0 aliphatic carbocycles. The van der Waals surface area contributed by atoms with Gasteiger partial charge >= 0.3 is 0 Å². The predicted molar refractivity (Wildman–Crippen MR) is 48.7 cm³/mol. The van der Waals surface area contributed by atoms with E-state index in [2.05, 4.69) is 4.98 Å². The molecular formula is C8H13NO2S. The van der Waals surface area contributed by atoms with Crippen molar-refractivity contribution < 1.29 is 9.15 Å². The third-order valence-electron chi connectivity index (χ3n) is 1.37. The molecule has 0 fully saturated rings. The van der Waals surface area contributed by atoms with Gasteiger partial charge in [0.15, 0.2) is 0 Å². The Balaban J connectivity index is 2.29. The number of ether oxygens (including phenoxy) is 1. The highest BCUT2D eigenvalue weighted by Gasteiger charge is 1.98. The SMILES string of the molecule is CC(C)OCCc1c[nH]c(=S)o1. The van der Waals surface area contributed by atoms with Gasteiger partial charge in [-0.25, -0.2) is 0 Å². The van der Waals surface area contributed by atoms with Crippen LogP contribution >= 0.6 is 12.2 Å². The highest BCUT2D eigenvalue weighted by molar-refractivity contribution is 7.71. The molecule has 0 aromatic carbocycles. The number of hydrogen-bond acceptors (Lipinski definition) is 3. The first-order valence-corrected chi connectivity index (χ1v) is 4.38. The average Bonchev–Trinajstić information content (AvgIpc) is 2.35. The summed E-state index contributed by atoms with van der Waals surface area (Å²) < 4.78 is 10.5. The van der Waals surface area contributed by atoms with E-state index < -0.39 is 0 Å². The summed E-state index contributed by atoms with van der Waals surface area (Å²) in [6.07, 6.45) is 2.81. The topological polar surface area (TPSA) is 38.2 Å². The molecule has 0 amide bonds. The predicted octanol–water partition coefficient (Wildman–Crippen LogP) is 2.30. The molecule has 0 saturated carbocycles. The largest absolute Gasteiger partial charge is 0.435 e. The zero-order chi connectivity index (χ0) is 8.97. The van der Waals surface area contributed by atoms with Gasteiger partial charge in [0, 0.05) is 12.6 Å². The molecule has 1 aromatic rings. The molecule has 3 nitrogen and oxygen atoms in total. The average molecular weight is 187 g/mol. The minimum atomic E-state index is 0.270. The second kappa shape index (κ2) is 4.42. The van der Waals surface area contributed by atoms with Crippen molar-refractivity contribution in [2.75, 3.05) is 6.61 Å². The first-order chi connectivity index (χ1) is 5.68. The Labute approximate surface area is 76.7 Å². The minimum absolute atomic E-state index is 0.270. The van der Waals surface area contributed by atoms with Crippen LogP contribution in [0.15, 0.2) is 10.6 Å². The van der Waals surface area contributed by atoms with Gasteiger partial charge in [-0.3, -0.25) is 0 Å². The second-order valence-corrected chi connectivity index (χ2v) is 3.18. The molecule has 0 unspecified atom stereocenters. The van der Waals surface area contributed by atoms with Gasteiger partial charge in [-0.05, 0) is 26.1 Å². The fourth-order valence-electron chi connectivity index (χ4n) is 0.836. The quantitative estimate of drug-likeness (QED) is 0.735. The number of oxazole rings is 1. The highest BCUT2D eigenvalue weighted by atomic mass is 32.1. The lowest BCUT2D eigenvalue weighted by atomic mass is 10.4. The van der Waals surface area contributed by atoms with E-state index in [4.69, 9.17) is 21.4 Å². The first-order valence-electron chi connectivity index (χ1n) is 3.97. The van der Waals surface area contributed by atoms with Crippen molar-refractivity contribution in [2.45, 2.75) is 26.4 Å². The third-order valence-corrected chi connectivity index (χ3v) is 1.58. The van der Waals surface area contributed by atoms with Crippen LogP contribution < -0.4 is 0 Å². The maximum atomic E-state index is 5.35. The Morgan fingerprint density at radius 3 is 2.92 bits per heavy atom. The van der Waals surface area contributed by atoms with Crippen LogP contribution in [0.5, 0.6) is 0 Å². The van der Waals surface area contributed by atoms with Crippen LogP contribution in [-0.4, -0.2) is 17.7 Å².